The molecule has 0 unspecified atom stereocenters. The number of hydrogen-bond acceptors (Lipinski definition) is 3. The van der Waals surface area contributed by atoms with Gasteiger partial charge in [-0.15, -0.1) is 11.3 Å². The Morgan fingerprint density at radius 1 is 0.388 bits per heavy atom. The molecular weight excluding hydrogens is 615 g/mol. The lowest BCUT2D eigenvalue weighted by molar-refractivity contribution is 0.669. The van der Waals surface area contributed by atoms with Gasteiger partial charge in [-0.25, -0.2) is 0 Å². The molecule has 0 spiro atoms. The minimum Gasteiger partial charge on any atom is -0.456 e. The van der Waals surface area contributed by atoms with Gasteiger partial charge in [0.05, 0.1) is 10.4 Å². The summed E-state index contributed by atoms with van der Waals surface area (Å²) in [7, 11) is 0. The molecule has 0 N–H and O–H groups in total. The molecule has 8 aromatic carbocycles. The van der Waals surface area contributed by atoms with E-state index in [0.29, 0.717) is 0 Å². The Balaban J connectivity index is 1.27. The number of furan rings is 1. The molecule has 10 rings (SSSR count). The third-order valence-corrected chi connectivity index (χ3v) is 10.9. The van der Waals surface area contributed by atoms with Gasteiger partial charge in [-0.05, 0) is 75.5 Å². The first-order chi connectivity index (χ1) is 24.3. The maximum absolute atomic E-state index is 6.27. The molecule has 0 radical (unpaired) electrons. The van der Waals surface area contributed by atoms with Crippen LogP contribution in [0.2, 0.25) is 0 Å². The zero-order chi connectivity index (χ0) is 32.3. The average Bonchev–Trinajstić information content (AvgIpc) is 3.75. The van der Waals surface area contributed by atoms with Crippen molar-refractivity contribution in [3.63, 3.8) is 0 Å². The fraction of sp³-hybridized carbons (Fsp3) is 0. The van der Waals surface area contributed by atoms with Gasteiger partial charge in [0.15, 0.2) is 0 Å². The predicted molar refractivity (Wildman–Crippen MR) is 210 cm³/mol. The van der Waals surface area contributed by atoms with Gasteiger partial charge >= 0.3 is 0 Å². The van der Waals surface area contributed by atoms with Crippen LogP contribution in [-0.4, -0.2) is 0 Å². The minimum atomic E-state index is 0.890. The smallest absolute Gasteiger partial charge is 0.135 e. The summed E-state index contributed by atoms with van der Waals surface area (Å²) in [5.41, 5.74) is 9.91. The van der Waals surface area contributed by atoms with Gasteiger partial charge in [-0.1, -0.05) is 133 Å². The van der Waals surface area contributed by atoms with E-state index in [0.717, 1.165) is 39.0 Å². The van der Waals surface area contributed by atoms with Crippen molar-refractivity contribution in [2.45, 2.75) is 0 Å². The van der Waals surface area contributed by atoms with E-state index in [2.05, 4.69) is 169 Å². The molecular formula is C46H29NOS. The van der Waals surface area contributed by atoms with E-state index in [-0.39, 0.29) is 0 Å². The highest BCUT2D eigenvalue weighted by atomic mass is 32.1. The number of nitrogens with zero attached hydrogens (tertiary/aromatic N) is 1. The van der Waals surface area contributed by atoms with Gasteiger partial charge in [0.25, 0.3) is 0 Å². The van der Waals surface area contributed by atoms with Crippen LogP contribution in [0.25, 0.3) is 75.1 Å². The molecule has 49 heavy (non-hydrogen) atoms. The van der Waals surface area contributed by atoms with Crippen LogP contribution in [0.5, 0.6) is 0 Å². The van der Waals surface area contributed by atoms with Crippen molar-refractivity contribution in [3.05, 3.63) is 176 Å². The fourth-order valence-corrected chi connectivity index (χ4v) is 8.70. The third-order valence-electron chi connectivity index (χ3n) is 9.66. The minimum absolute atomic E-state index is 0.890. The van der Waals surface area contributed by atoms with Gasteiger partial charge in [0.1, 0.15) is 11.2 Å². The number of benzene rings is 8. The van der Waals surface area contributed by atoms with E-state index in [1.54, 1.807) is 0 Å². The number of hydrogen-bond donors (Lipinski definition) is 0. The topological polar surface area (TPSA) is 16.4 Å². The number of para-hydroxylation sites is 1. The van der Waals surface area contributed by atoms with Crippen molar-refractivity contribution < 1.29 is 4.42 Å². The third kappa shape index (κ3) is 4.55. The van der Waals surface area contributed by atoms with Crippen LogP contribution in [0, 0.1) is 0 Å². The highest BCUT2D eigenvalue weighted by Gasteiger charge is 2.21. The Morgan fingerprint density at radius 3 is 1.86 bits per heavy atom. The van der Waals surface area contributed by atoms with Gasteiger partial charge < -0.3 is 9.32 Å². The van der Waals surface area contributed by atoms with E-state index < -0.39 is 0 Å². The largest absolute Gasteiger partial charge is 0.456 e. The van der Waals surface area contributed by atoms with Crippen molar-refractivity contribution in [2.75, 3.05) is 4.90 Å². The Bertz CT molecular complexity index is 2830. The zero-order valence-electron chi connectivity index (χ0n) is 26.5. The molecule has 0 atom stereocenters. The van der Waals surface area contributed by atoms with E-state index in [1.165, 1.54) is 53.2 Å². The average molecular weight is 644 g/mol. The second kappa shape index (κ2) is 11.2. The first-order valence-electron chi connectivity index (χ1n) is 16.6. The number of anilines is 3. The first-order valence-corrected chi connectivity index (χ1v) is 17.4. The highest BCUT2D eigenvalue weighted by Crippen LogP contribution is 2.48. The lowest BCUT2D eigenvalue weighted by Crippen LogP contribution is -2.10. The van der Waals surface area contributed by atoms with E-state index in [9.17, 15) is 0 Å². The summed E-state index contributed by atoms with van der Waals surface area (Å²) >= 11 is 1.88. The van der Waals surface area contributed by atoms with Crippen LogP contribution in [0.3, 0.4) is 0 Å². The summed E-state index contributed by atoms with van der Waals surface area (Å²) in [5.74, 6) is 0. The second-order valence-electron chi connectivity index (χ2n) is 12.5. The van der Waals surface area contributed by atoms with Crippen LogP contribution in [0.4, 0.5) is 17.1 Å². The quantitative estimate of drug-likeness (QED) is 0.186. The lowest BCUT2D eigenvalue weighted by Gasteiger charge is -2.27. The number of rotatable bonds is 5. The second-order valence-corrected chi connectivity index (χ2v) is 13.5. The van der Waals surface area contributed by atoms with Gasteiger partial charge in [0, 0.05) is 37.6 Å². The van der Waals surface area contributed by atoms with Crippen molar-refractivity contribution in [2.24, 2.45) is 0 Å². The molecule has 0 saturated carbocycles. The summed E-state index contributed by atoms with van der Waals surface area (Å²) in [4.78, 5) is 2.43. The number of fused-ring (bicyclic) bond motifs is 8. The number of thiophene rings is 1. The molecule has 0 fully saturated rings. The Hall–Kier alpha value is -6.16. The molecule has 0 bridgehead atoms. The standard InChI is InChI=1S/C46H29NOS/c1-3-12-30(13-4-1)35-26-23-33(28-40(35)31-14-5-2-6-15-31)47(34-24-27-44-41(29-34)37-18-9-10-21-43(37)48-44)42-20-11-19-38-39-25-22-32-16-7-8-17-36(32)45(39)49-46(38)42/h1-29H. The van der Waals surface area contributed by atoms with Gasteiger partial charge in [-0.2, -0.15) is 0 Å². The maximum Gasteiger partial charge on any atom is 0.135 e. The van der Waals surface area contributed by atoms with E-state index in [4.69, 9.17) is 4.42 Å². The molecule has 0 aliphatic heterocycles. The fourth-order valence-electron chi connectivity index (χ4n) is 7.37. The summed E-state index contributed by atoms with van der Waals surface area (Å²) in [5, 5.41) is 7.35. The van der Waals surface area contributed by atoms with E-state index >= 15 is 0 Å². The summed E-state index contributed by atoms with van der Waals surface area (Å²) < 4.78 is 8.86. The van der Waals surface area contributed by atoms with Crippen molar-refractivity contribution in [1.29, 1.82) is 0 Å². The highest BCUT2D eigenvalue weighted by molar-refractivity contribution is 7.27. The molecule has 3 heteroatoms. The summed E-state index contributed by atoms with van der Waals surface area (Å²) in [6.07, 6.45) is 0. The summed E-state index contributed by atoms with van der Waals surface area (Å²) in [6.45, 7) is 0. The Labute approximate surface area is 287 Å². The SMILES string of the molecule is c1ccc(-c2ccc(N(c3ccc4oc5ccccc5c4c3)c3cccc4c3sc3c5ccccc5ccc43)cc2-c2ccccc2)cc1. The van der Waals surface area contributed by atoms with Gasteiger partial charge in [0.2, 0.25) is 0 Å². The normalized spacial score (nSPS) is 11.7. The van der Waals surface area contributed by atoms with Gasteiger partial charge in [-0.3, -0.25) is 0 Å². The van der Waals surface area contributed by atoms with Crippen molar-refractivity contribution >= 4 is 81.3 Å². The molecule has 0 aliphatic rings. The van der Waals surface area contributed by atoms with Crippen LogP contribution < -0.4 is 4.90 Å². The van der Waals surface area contributed by atoms with Crippen LogP contribution in [0.15, 0.2) is 180 Å². The van der Waals surface area contributed by atoms with E-state index in [1.807, 2.05) is 23.5 Å². The lowest BCUT2D eigenvalue weighted by atomic mass is 9.93. The maximum atomic E-state index is 6.27. The van der Waals surface area contributed by atoms with Crippen molar-refractivity contribution in [1.82, 2.24) is 0 Å². The zero-order valence-corrected chi connectivity index (χ0v) is 27.3. The molecule has 10 aromatic rings. The molecule has 0 saturated heterocycles. The summed E-state index contributed by atoms with van der Waals surface area (Å²) in [6, 6.07) is 63.2. The van der Waals surface area contributed by atoms with Crippen LogP contribution in [0.1, 0.15) is 0 Å². The molecule has 2 aromatic heterocycles. The van der Waals surface area contributed by atoms with Crippen LogP contribution >= 0.6 is 11.3 Å². The predicted octanol–water partition coefficient (Wildman–Crippen LogP) is 13.9. The molecule has 2 nitrogen and oxygen atoms in total. The van der Waals surface area contributed by atoms with Crippen LogP contribution in [-0.2, 0) is 0 Å². The van der Waals surface area contributed by atoms with Crippen molar-refractivity contribution in [3.8, 4) is 22.3 Å². The Morgan fingerprint density at radius 2 is 1.02 bits per heavy atom. The monoisotopic (exact) mass is 643 g/mol. The Kier molecular flexibility index (Phi) is 6.39. The molecule has 230 valence electrons. The molecule has 0 amide bonds. The molecule has 0 aliphatic carbocycles. The molecule has 2 heterocycles. The first kappa shape index (κ1) is 27.9.